The lowest BCUT2D eigenvalue weighted by atomic mass is 9.91. The van der Waals surface area contributed by atoms with E-state index in [0.717, 1.165) is 19.8 Å². The summed E-state index contributed by atoms with van der Waals surface area (Å²) in [6, 6.07) is 0. The van der Waals surface area contributed by atoms with Crippen LogP contribution in [0.15, 0.2) is 0 Å². The van der Waals surface area contributed by atoms with Gasteiger partial charge in [0.2, 0.25) is 0 Å². The molecule has 0 aliphatic heterocycles. The van der Waals surface area contributed by atoms with Crippen molar-refractivity contribution in [2.24, 2.45) is 5.92 Å². The molecular weight excluding hydrogens is 196 g/mol. The summed E-state index contributed by atoms with van der Waals surface area (Å²) in [6.45, 7) is 4.53. The predicted molar refractivity (Wildman–Crippen MR) is 58.9 cm³/mol. The maximum Gasteiger partial charge on any atom is 0.300 e. The smallest absolute Gasteiger partial charge is 0.300 e. The third kappa shape index (κ3) is 32.2. The lowest BCUT2D eigenvalue weighted by Gasteiger charge is -2.15. The molecule has 1 rings (SSSR count). The van der Waals surface area contributed by atoms with Crippen LogP contribution >= 0.6 is 0 Å². The number of rotatable bonds is 0. The van der Waals surface area contributed by atoms with Gasteiger partial charge in [-0.1, -0.05) is 39.0 Å². The molecule has 90 valence electrons. The van der Waals surface area contributed by atoms with Crippen molar-refractivity contribution in [3.8, 4) is 0 Å². The van der Waals surface area contributed by atoms with E-state index in [4.69, 9.17) is 19.8 Å². The van der Waals surface area contributed by atoms with Gasteiger partial charge < -0.3 is 10.2 Å². The molecule has 0 saturated heterocycles. The molecule has 0 spiro atoms. The van der Waals surface area contributed by atoms with E-state index in [1.807, 2.05) is 0 Å². The largest absolute Gasteiger partial charge is 0.481 e. The molecule has 1 saturated carbocycles. The number of carboxylic acid groups (broad SMARTS) is 2. The molecule has 1 aliphatic rings. The van der Waals surface area contributed by atoms with Crippen molar-refractivity contribution >= 4 is 11.9 Å². The lowest BCUT2D eigenvalue weighted by molar-refractivity contribution is -0.135. The fraction of sp³-hybridized carbons (Fsp3) is 0.818. The molecule has 0 atom stereocenters. The number of hydrogen-bond acceptors (Lipinski definition) is 2. The average molecular weight is 218 g/mol. The summed E-state index contributed by atoms with van der Waals surface area (Å²) in [5, 5.41) is 14.8. The zero-order valence-electron chi connectivity index (χ0n) is 9.82. The van der Waals surface area contributed by atoms with Gasteiger partial charge in [0.25, 0.3) is 11.9 Å². The molecule has 15 heavy (non-hydrogen) atoms. The Morgan fingerprint density at radius 3 is 1.33 bits per heavy atom. The Balaban J connectivity index is 0. The highest BCUT2D eigenvalue weighted by atomic mass is 16.4. The van der Waals surface area contributed by atoms with Crippen LogP contribution in [-0.4, -0.2) is 22.2 Å². The average Bonchev–Trinajstić information content (AvgIpc) is 2.03. The van der Waals surface area contributed by atoms with E-state index in [9.17, 15) is 0 Å². The SMILES string of the molecule is CC(=O)O.CC(=O)O.CC1CCCCC1. The Labute approximate surface area is 91.3 Å². The fourth-order valence-electron chi connectivity index (χ4n) is 1.31. The Bertz CT molecular complexity index is 151. The van der Waals surface area contributed by atoms with Gasteiger partial charge in [-0.05, 0) is 5.92 Å². The molecule has 4 heteroatoms. The van der Waals surface area contributed by atoms with Crippen LogP contribution in [-0.2, 0) is 9.59 Å². The van der Waals surface area contributed by atoms with Crippen LogP contribution in [0.5, 0.6) is 0 Å². The number of aliphatic carboxylic acids is 2. The fourth-order valence-corrected chi connectivity index (χ4v) is 1.31. The van der Waals surface area contributed by atoms with Crippen molar-refractivity contribution in [2.45, 2.75) is 52.9 Å². The maximum absolute atomic E-state index is 9.00. The highest BCUT2D eigenvalue weighted by molar-refractivity contribution is 5.63. The Morgan fingerprint density at radius 1 is 0.933 bits per heavy atom. The van der Waals surface area contributed by atoms with E-state index >= 15 is 0 Å². The molecular formula is C11H22O4. The first kappa shape index (κ1) is 16.4. The van der Waals surface area contributed by atoms with Crippen LogP contribution in [0.25, 0.3) is 0 Å². The lowest BCUT2D eigenvalue weighted by Crippen LogP contribution is -1.99. The van der Waals surface area contributed by atoms with Gasteiger partial charge in [0, 0.05) is 13.8 Å². The Hall–Kier alpha value is -1.06. The zero-order chi connectivity index (χ0) is 12.3. The van der Waals surface area contributed by atoms with Crippen molar-refractivity contribution in [1.82, 2.24) is 0 Å². The topological polar surface area (TPSA) is 74.6 Å². The highest BCUT2D eigenvalue weighted by Gasteiger charge is 2.05. The minimum atomic E-state index is -0.833. The maximum atomic E-state index is 9.00. The normalized spacial score (nSPS) is 15.1. The summed E-state index contributed by atoms with van der Waals surface area (Å²) >= 11 is 0. The van der Waals surface area contributed by atoms with Gasteiger partial charge in [-0.2, -0.15) is 0 Å². The van der Waals surface area contributed by atoms with Crippen molar-refractivity contribution in [3.05, 3.63) is 0 Å². The first-order valence-corrected chi connectivity index (χ1v) is 5.25. The van der Waals surface area contributed by atoms with Gasteiger partial charge >= 0.3 is 0 Å². The first-order valence-electron chi connectivity index (χ1n) is 5.25. The third-order valence-electron chi connectivity index (χ3n) is 1.89. The summed E-state index contributed by atoms with van der Waals surface area (Å²) in [5.74, 6) is -0.631. The van der Waals surface area contributed by atoms with E-state index in [1.54, 1.807) is 0 Å². The monoisotopic (exact) mass is 218 g/mol. The second kappa shape index (κ2) is 11.0. The molecule has 0 aromatic carbocycles. The molecule has 1 aliphatic carbocycles. The number of carbonyl (C=O) groups is 2. The minimum absolute atomic E-state index is 0.833. The molecule has 0 amide bonds. The molecule has 0 heterocycles. The van der Waals surface area contributed by atoms with E-state index < -0.39 is 11.9 Å². The van der Waals surface area contributed by atoms with Crippen LogP contribution < -0.4 is 0 Å². The van der Waals surface area contributed by atoms with Crippen molar-refractivity contribution < 1.29 is 19.8 Å². The molecule has 0 unspecified atom stereocenters. The quantitative estimate of drug-likeness (QED) is 0.655. The summed E-state index contributed by atoms with van der Waals surface area (Å²) in [5.41, 5.74) is 0. The summed E-state index contributed by atoms with van der Waals surface area (Å²) in [7, 11) is 0. The van der Waals surface area contributed by atoms with Crippen molar-refractivity contribution in [2.75, 3.05) is 0 Å². The van der Waals surface area contributed by atoms with E-state index in [0.29, 0.717) is 0 Å². The minimum Gasteiger partial charge on any atom is -0.481 e. The van der Waals surface area contributed by atoms with Gasteiger partial charge in [-0.25, -0.2) is 0 Å². The molecule has 0 bridgehead atoms. The molecule has 0 radical (unpaired) electrons. The number of carboxylic acids is 2. The van der Waals surface area contributed by atoms with Gasteiger partial charge in [0.05, 0.1) is 0 Å². The third-order valence-corrected chi connectivity index (χ3v) is 1.89. The Morgan fingerprint density at radius 2 is 1.20 bits per heavy atom. The van der Waals surface area contributed by atoms with Gasteiger partial charge in [0.1, 0.15) is 0 Å². The molecule has 2 N–H and O–H groups in total. The number of hydrogen-bond donors (Lipinski definition) is 2. The summed E-state index contributed by atoms with van der Waals surface area (Å²) in [4.78, 5) is 18.0. The first-order chi connectivity index (χ1) is 6.86. The van der Waals surface area contributed by atoms with Gasteiger partial charge in [0.15, 0.2) is 0 Å². The van der Waals surface area contributed by atoms with Crippen LogP contribution in [0.1, 0.15) is 52.9 Å². The summed E-state index contributed by atoms with van der Waals surface area (Å²) in [6.07, 6.45) is 7.44. The molecule has 1 fully saturated rings. The Kier molecular flexibility index (Phi) is 12.0. The second-order valence-corrected chi connectivity index (χ2v) is 3.78. The second-order valence-electron chi connectivity index (χ2n) is 3.78. The zero-order valence-corrected chi connectivity index (χ0v) is 9.82. The molecule has 0 aromatic rings. The summed E-state index contributed by atoms with van der Waals surface area (Å²) < 4.78 is 0. The standard InChI is InChI=1S/C7H14.2C2H4O2/c1-7-5-3-2-4-6-7;2*1-2(3)4/h7H,2-6H2,1H3;2*1H3,(H,3,4). The van der Waals surface area contributed by atoms with Crippen LogP contribution in [0.2, 0.25) is 0 Å². The van der Waals surface area contributed by atoms with Gasteiger partial charge in [-0.3, -0.25) is 9.59 Å². The predicted octanol–water partition coefficient (Wildman–Crippen LogP) is 2.77. The van der Waals surface area contributed by atoms with Crippen molar-refractivity contribution in [1.29, 1.82) is 0 Å². The molecule has 4 nitrogen and oxygen atoms in total. The van der Waals surface area contributed by atoms with Crippen LogP contribution in [0.3, 0.4) is 0 Å². The van der Waals surface area contributed by atoms with Crippen molar-refractivity contribution in [3.63, 3.8) is 0 Å². The van der Waals surface area contributed by atoms with Crippen LogP contribution in [0, 0.1) is 5.92 Å². The van der Waals surface area contributed by atoms with E-state index in [1.165, 1.54) is 32.1 Å². The van der Waals surface area contributed by atoms with E-state index in [-0.39, 0.29) is 0 Å². The van der Waals surface area contributed by atoms with E-state index in [2.05, 4.69) is 6.92 Å². The van der Waals surface area contributed by atoms with Gasteiger partial charge in [-0.15, -0.1) is 0 Å². The molecule has 0 aromatic heterocycles. The van der Waals surface area contributed by atoms with Crippen LogP contribution in [0.4, 0.5) is 0 Å². The highest BCUT2D eigenvalue weighted by Crippen LogP contribution is 2.21.